The van der Waals surface area contributed by atoms with Gasteiger partial charge in [-0.15, -0.1) is 0 Å². The second-order valence-corrected chi connectivity index (χ2v) is 15.2. The molecular formula is C42H44Cl2N4O4. The van der Waals surface area contributed by atoms with Gasteiger partial charge in [0.25, 0.3) is 0 Å². The van der Waals surface area contributed by atoms with E-state index in [1.165, 1.54) is 22.3 Å². The monoisotopic (exact) mass is 738 g/mol. The molecule has 0 aromatic heterocycles. The van der Waals surface area contributed by atoms with Crippen LogP contribution in [0.15, 0.2) is 60.7 Å². The number of aryl methyl sites for hydroxylation is 2. The van der Waals surface area contributed by atoms with Crippen molar-refractivity contribution < 1.29 is 19.1 Å². The molecule has 4 aliphatic rings. The third kappa shape index (κ3) is 6.66. The lowest BCUT2D eigenvalue weighted by Gasteiger charge is -2.21. The number of methoxy groups -OCH3 is 2. The number of fused-ring (bicyclic) bond motifs is 2. The number of hydrogen-bond acceptors (Lipinski definition) is 6. The first-order chi connectivity index (χ1) is 25.3. The van der Waals surface area contributed by atoms with Crippen LogP contribution in [0.1, 0.15) is 72.9 Å². The highest BCUT2D eigenvalue weighted by Crippen LogP contribution is 2.47. The highest BCUT2D eigenvalue weighted by molar-refractivity contribution is 6.39. The number of carbonyl (C=O) groups excluding carboxylic acids is 2. The van der Waals surface area contributed by atoms with Gasteiger partial charge in [0.2, 0.25) is 11.8 Å². The number of nitrogens with one attached hydrogen (secondary N) is 4. The number of amides is 2. The van der Waals surface area contributed by atoms with E-state index in [0.29, 0.717) is 22.9 Å². The van der Waals surface area contributed by atoms with Gasteiger partial charge in [-0.1, -0.05) is 71.7 Å². The molecule has 2 fully saturated rings. The molecule has 2 heterocycles. The van der Waals surface area contributed by atoms with Crippen molar-refractivity contribution in [2.45, 2.75) is 75.5 Å². The Morgan fingerprint density at radius 2 is 1.04 bits per heavy atom. The van der Waals surface area contributed by atoms with Crippen LogP contribution in [0.2, 0.25) is 10.0 Å². The fraction of sp³-hybridized carbons (Fsp3) is 0.381. The second kappa shape index (κ2) is 14.7. The molecular weight excluding hydrogens is 695 g/mol. The summed E-state index contributed by atoms with van der Waals surface area (Å²) in [4.78, 5) is 23.4. The molecule has 0 radical (unpaired) electrons. The fourth-order valence-corrected chi connectivity index (χ4v) is 9.35. The van der Waals surface area contributed by atoms with Gasteiger partial charge < -0.3 is 30.7 Å². The molecule has 4 aromatic carbocycles. The Labute approximate surface area is 315 Å². The quantitative estimate of drug-likeness (QED) is 0.126. The Balaban J connectivity index is 1.07. The number of ether oxygens (including phenoxy) is 2. The molecule has 4 atom stereocenters. The molecule has 4 N–H and O–H groups in total. The Morgan fingerprint density at radius 1 is 0.615 bits per heavy atom. The minimum Gasteiger partial charge on any atom is -0.496 e. The van der Waals surface area contributed by atoms with Gasteiger partial charge in [-0.3, -0.25) is 9.59 Å². The Kier molecular flexibility index (Phi) is 9.92. The van der Waals surface area contributed by atoms with Crippen molar-refractivity contribution in [3.05, 3.63) is 93.0 Å². The molecule has 2 aliphatic carbocycles. The van der Waals surface area contributed by atoms with E-state index < -0.39 is 0 Å². The minimum atomic E-state index is 0.132. The molecule has 2 aliphatic heterocycles. The first-order valence-corrected chi connectivity index (χ1v) is 19.1. The van der Waals surface area contributed by atoms with Crippen LogP contribution in [-0.2, 0) is 22.4 Å². The lowest BCUT2D eigenvalue weighted by Crippen LogP contribution is -2.36. The molecule has 4 aromatic rings. The van der Waals surface area contributed by atoms with Gasteiger partial charge in [-0.25, -0.2) is 0 Å². The van der Waals surface area contributed by atoms with E-state index in [-0.39, 0.29) is 36.0 Å². The average molecular weight is 740 g/mol. The largest absolute Gasteiger partial charge is 0.496 e. The molecule has 10 heteroatoms. The smallest absolute Gasteiger partial charge is 0.220 e. The van der Waals surface area contributed by atoms with Crippen LogP contribution in [-0.4, -0.2) is 51.2 Å². The highest BCUT2D eigenvalue weighted by Gasteiger charge is 2.31. The molecule has 0 saturated carbocycles. The van der Waals surface area contributed by atoms with Gasteiger partial charge in [-0.2, -0.15) is 0 Å². The maximum Gasteiger partial charge on any atom is 0.220 e. The number of carbonyl (C=O) groups is 2. The van der Waals surface area contributed by atoms with Crippen LogP contribution in [0.5, 0.6) is 11.5 Å². The van der Waals surface area contributed by atoms with E-state index in [4.69, 9.17) is 32.7 Å². The maximum atomic E-state index is 11.7. The summed E-state index contributed by atoms with van der Waals surface area (Å²) < 4.78 is 11.9. The standard InChI is InChI=1S/C42H44Cl2N4O4/c1-51-35-19-25(17-23-9-13-33(39(23)35)45-21-27-11-15-37(49)47-27)29-5-3-7-31(41(29)43)32-8-4-6-30(42(32)44)26-18-24-10-14-34(40(24)36(20-26)52-2)46-22-28-12-16-38(50)48-28/h3-8,17-20,27-28,33-34,45-46H,9-16,21-22H2,1-2H3,(H,47,49)(H,48,50)/t27-,28-,33+,34+/m1/s1. The predicted octanol–water partition coefficient (Wildman–Crippen LogP) is 7.72. The average Bonchev–Trinajstić information content (AvgIpc) is 3.96. The van der Waals surface area contributed by atoms with Crippen LogP contribution in [0, 0.1) is 0 Å². The molecule has 2 saturated heterocycles. The number of hydrogen-bond donors (Lipinski definition) is 4. The Morgan fingerprint density at radius 3 is 1.42 bits per heavy atom. The van der Waals surface area contributed by atoms with Crippen molar-refractivity contribution in [2.24, 2.45) is 0 Å². The zero-order valence-corrected chi connectivity index (χ0v) is 31.1. The van der Waals surface area contributed by atoms with Crippen LogP contribution in [0.4, 0.5) is 0 Å². The first kappa shape index (κ1) is 35.0. The van der Waals surface area contributed by atoms with Crippen molar-refractivity contribution in [3.8, 4) is 44.9 Å². The van der Waals surface area contributed by atoms with E-state index in [0.717, 1.165) is 96.5 Å². The summed E-state index contributed by atoms with van der Waals surface area (Å²) in [6, 6.07) is 21.5. The van der Waals surface area contributed by atoms with Crippen molar-refractivity contribution >= 4 is 35.0 Å². The fourth-order valence-electron chi connectivity index (χ4n) is 8.67. The summed E-state index contributed by atoms with van der Waals surface area (Å²) in [5.74, 6) is 1.94. The van der Waals surface area contributed by atoms with E-state index in [9.17, 15) is 9.59 Å². The maximum absolute atomic E-state index is 11.7. The molecule has 0 bridgehead atoms. The molecule has 2 amide bonds. The van der Waals surface area contributed by atoms with Gasteiger partial charge in [0.1, 0.15) is 11.5 Å². The van der Waals surface area contributed by atoms with Gasteiger partial charge in [0.05, 0.1) is 24.3 Å². The molecule has 8 rings (SSSR count). The van der Waals surface area contributed by atoms with Crippen LogP contribution >= 0.6 is 23.2 Å². The molecule has 8 nitrogen and oxygen atoms in total. The van der Waals surface area contributed by atoms with Gasteiger partial charge in [0.15, 0.2) is 0 Å². The third-order valence-corrected chi connectivity index (χ3v) is 12.1. The Bertz CT molecular complexity index is 1910. The predicted molar refractivity (Wildman–Crippen MR) is 206 cm³/mol. The van der Waals surface area contributed by atoms with E-state index in [1.54, 1.807) is 14.2 Å². The van der Waals surface area contributed by atoms with Crippen molar-refractivity contribution in [3.63, 3.8) is 0 Å². The van der Waals surface area contributed by atoms with Crippen molar-refractivity contribution in [1.29, 1.82) is 0 Å². The van der Waals surface area contributed by atoms with Crippen molar-refractivity contribution in [1.82, 2.24) is 21.3 Å². The summed E-state index contributed by atoms with van der Waals surface area (Å²) in [5.41, 5.74) is 10.4. The van der Waals surface area contributed by atoms with E-state index >= 15 is 0 Å². The number of rotatable bonds is 11. The van der Waals surface area contributed by atoms with E-state index in [1.807, 2.05) is 24.3 Å². The lowest BCUT2D eigenvalue weighted by atomic mass is 9.93. The SMILES string of the molecule is COc1cc(-c2cccc(-c3cccc(-c4cc5c(c(OC)c4)[C@@H](NC[C@H]4CCC(=O)N4)CC5)c3Cl)c2Cl)cc2c1[C@@H](NC[C@H]1CCC(=O)N1)CC2. The summed E-state index contributed by atoms with van der Waals surface area (Å²) in [5, 5.41) is 14.7. The summed E-state index contributed by atoms with van der Waals surface area (Å²) in [6.45, 7) is 1.49. The summed E-state index contributed by atoms with van der Waals surface area (Å²) in [7, 11) is 3.44. The molecule has 0 spiro atoms. The van der Waals surface area contributed by atoms with Gasteiger partial charge in [0, 0.05) is 83.5 Å². The first-order valence-electron chi connectivity index (χ1n) is 18.4. The van der Waals surface area contributed by atoms with E-state index in [2.05, 4.69) is 57.7 Å². The molecule has 270 valence electrons. The van der Waals surface area contributed by atoms with Gasteiger partial charge in [-0.05, 0) is 72.9 Å². The normalized spacial score (nSPS) is 21.9. The topological polar surface area (TPSA) is 101 Å². The van der Waals surface area contributed by atoms with Crippen LogP contribution in [0.3, 0.4) is 0 Å². The molecule has 0 unspecified atom stereocenters. The number of halogens is 2. The van der Waals surface area contributed by atoms with Crippen LogP contribution in [0.25, 0.3) is 33.4 Å². The minimum absolute atomic E-state index is 0.132. The highest BCUT2D eigenvalue weighted by atomic mass is 35.5. The van der Waals surface area contributed by atoms with Crippen LogP contribution < -0.4 is 30.7 Å². The lowest BCUT2D eigenvalue weighted by molar-refractivity contribution is -0.120. The second-order valence-electron chi connectivity index (χ2n) is 14.4. The zero-order valence-electron chi connectivity index (χ0n) is 29.5. The van der Waals surface area contributed by atoms with Crippen molar-refractivity contribution in [2.75, 3.05) is 27.3 Å². The third-order valence-electron chi connectivity index (χ3n) is 11.3. The molecule has 52 heavy (non-hydrogen) atoms. The zero-order chi connectivity index (χ0) is 35.9. The summed E-state index contributed by atoms with van der Waals surface area (Å²) >= 11 is 14.6. The number of benzene rings is 4. The Hall–Kier alpha value is -4.08. The summed E-state index contributed by atoms with van der Waals surface area (Å²) in [6.07, 6.45) is 6.73. The van der Waals surface area contributed by atoms with Gasteiger partial charge >= 0.3 is 0 Å².